The normalized spacial score (nSPS) is 19.2. The Labute approximate surface area is 90.6 Å². The highest BCUT2D eigenvalue weighted by atomic mass is 16.5. The average Bonchev–Trinajstić information content (AvgIpc) is 3.10. The number of ether oxygens (including phenoxy) is 1. The van der Waals surface area contributed by atoms with Crippen LogP contribution in [0.4, 0.5) is 5.69 Å². The lowest BCUT2D eigenvalue weighted by molar-refractivity contribution is 0.299. The lowest BCUT2D eigenvalue weighted by atomic mass is 10.0. The van der Waals surface area contributed by atoms with Gasteiger partial charge < -0.3 is 10.1 Å². The van der Waals surface area contributed by atoms with Gasteiger partial charge in [-0.05, 0) is 55.4 Å². The zero-order chi connectivity index (χ0) is 10.1. The third-order valence-corrected chi connectivity index (χ3v) is 3.20. The summed E-state index contributed by atoms with van der Waals surface area (Å²) in [5.41, 5.74) is 2.70. The molecule has 1 heterocycles. The van der Waals surface area contributed by atoms with E-state index in [1.165, 1.54) is 36.9 Å². The van der Waals surface area contributed by atoms with E-state index in [1.807, 2.05) is 0 Å². The Morgan fingerprint density at radius 1 is 1.33 bits per heavy atom. The van der Waals surface area contributed by atoms with E-state index in [-0.39, 0.29) is 0 Å². The maximum absolute atomic E-state index is 5.77. The second kappa shape index (κ2) is 3.76. The smallest absolute Gasteiger partial charge is 0.119 e. The minimum absolute atomic E-state index is 0.833. The summed E-state index contributed by atoms with van der Waals surface area (Å²) >= 11 is 0. The minimum Gasteiger partial charge on any atom is -0.493 e. The molecular weight excluding hydrogens is 186 g/mol. The van der Waals surface area contributed by atoms with Crippen LogP contribution >= 0.6 is 0 Å². The molecule has 0 amide bonds. The van der Waals surface area contributed by atoms with Crippen molar-refractivity contribution in [2.24, 2.45) is 5.92 Å². The molecule has 0 atom stereocenters. The fourth-order valence-electron chi connectivity index (χ4n) is 2.04. The Kier molecular flexibility index (Phi) is 2.28. The first kappa shape index (κ1) is 9.08. The quantitative estimate of drug-likeness (QED) is 0.815. The summed E-state index contributed by atoms with van der Waals surface area (Å²) in [6.45, 7) is 2.02. The molecule has 0 spiro atoms. The summed E-state index contributed by atoms with van der Waals surface area (Å²) in [5, 5.41) is 3.41. The molecule has 0 unspecified atom stereocenters. The van der Waals surface area contributed by atoms with Crippen molar-refractivity contribution in [1.29, 1.82) is 0 Å². The Hall–Kier alpha value is -1.18. The Balaban J connectivity index is 1.71. The third kappa shape index (κ3) is 2.09. The number of hydrogen-bond donors (Lipinski definition) is 1. The summed E-state index contributed by atoms with van der Waals surface area (Å²) in [7, 11) is 0. The number of anilines is 1. The van der Waals surface area contributed by atoms with E-state index < -0.39 is 0 Å². The lowest BCUT2D eigenvalue weighted by Gasteiger charge is -2.18. The van der Waals surface area contributed by atoms with Crippen molar-refractivity contribution >= 4 is 5.69 Å². The van der Waals surface area contributed by atoms with E-state index in [2.05, 4.69) is 23.5 Å². The summed E-state index contributed by atoms with van der Waals surface area (Å²) in [4.78, 5) is 0. The van der Waals surface area contributed by atoms with Crippen LogP contribution in [0.15, 0.2) is 18.2 Å². The monoisotopic (exact) mass is 203 g/mol. The molecule has 1 saturated carbocycles. The zero-order valence-corrected chi connectivity index (χ0v) is 8.96. The van der Waals surface area contributed by atoms with Crippen LogP contribution in [0.3, 0.4) is 0 Å². The summed E-state index contributed by atoms with van der Waals surface area (Å²) in [5.74, 6) is 1.88. The Morgan fingerprint density at radius 2 is 2.27 bits per heavy atom. The molecule has 1 aliphatic heterocycles. The molecule has 80 valence electrons. The highest BCUT2D eigenvalue weighted by molar-refractivity contribution is 5.55. The number of hydrogen-bond acceptors (Lipinski definition) is 2. The second-order valence-corrected chi connectivity index (χ2v) is 4.60. The number of rotatable bonds is 3. The number of fused-ring (bicyclic) bond motifs is 1. The van der Waals surface area contributed by atoms with E-state index in [9.17, 15) is 0 Å². The van der Waals surface area contributed by atoms with Crippen LogP contribution in [0.25, 0.3) is 0 Å². The van der Waals surface area contributed by atoms with Gasteiger partial charge in [-0.3, -0.25) is 0 Å². The lowest BCUT2D eigenvalue weighted by Crippen LogP contribution is -2.11. The van der Waals surface area contributed by atoms with Gasteiger partial charge in [0.1, 0.15) is 5.75 Å². The van der Waals surface area contributed by atoms with Crippen LogP contribution in [-0.2, 0) is 6.42 Å². The fraction of sp³-hybridized carbons (Fsp3) is 0.538. The van der Waals surface area contributed by atoms with Gasteiger partial charge in [-0.1, -0.05) is 0 Å². The van der Waals surface area contributed by atoms with E-state index in [4.69, 9.17) is 4.74 Å². The summed E-state index contributed by atoms with van der Waals surface area (Å²) in [6.07, 6.45) is 5.13. The molecule has 15 heavy (non-hydrogen) atoms. The van der Waals surface area contributed by atoms with Crippen molar-refractivity contribution in [3.05, 3.63) is 23.8 Å². The molecule has 2 heteroatoms. The summed E-state index contributed by atoms with van der Waals surface area (Å²) < 4.78 is 5.77. The summed E-state index contributed by atoms with van der Waals surface area (Å²) in [6, 6.07) is 6.43. The van der Waals surface area contributed by atoms with Crippen LogP contribution in [0.2, 0.25) is 0 Å². The molecule has 1 aliphatic carbocycles. The minimum atomic E-state index is 0.833. The number of benzene rings is 1. The molecule has 2 nitrogen and oxygen atoms in total. The van der Waals surface area contributed by atoms with Gasteiger partial charge in [0.05, 0.1) is 6.61 Å². The van der Waals surface area contributed by atoms with Gasteiger partial charge in [-0.25, -0.2) is 0 Å². The van der Waals surface area contributed by atoms with Gasteiger partial charge in [0, 0.05) is 12.2 Å². The van der Waals surface area contributed by atoms with Crippen LogP contribution in [-0.4, -0.2) is 13.2 Å². The Bertz CT molecular complexity index is 358. The van der Waals surface area contributed by atoms with E-state index in [1.54, 1.807) is 0 Å². The maximum Gasteiger partial charge on any atom is 0.119 e. The third-order valence-electron chi connectivity index (χ3n) is 3.20. The molecular formula is C13H17NO. The molecule has 2 aliphatic rings. The van der Waals surface area contributed by atoms with Crippen molar-refractivity contribution in [3.63, 3.8) is 0 Å². The topological polar surface area (TPSA) is 21.3 Å². The number of nitrogens with one attached hydrogen (secondary N) is 1. The predicted molar refractivity (Wildman–Crippen MR) is 61.5 cm³/mol. The highest BCUT2D eigenvalue weighted by Gasteiger charge is 2.22. The van der Waals surface area contributed by atoms with Gasteiger partial charge in [0.2, 0.25) is 0 Å². The van der Waals surface area contributed by atoms with Gasteiger partial charge >= 0.3 is 0 Å². The van der Waals surface area contributed by atoms with Crippen LogP contribution in [0, 0.1) is 5.92 Å². The van der Waals surface area contributed by atoms with Crippen LogP contribution in [0.1, 0.15) is 24.8 Å². The molecule has 0 saturated heterocycles. The molecule has 0 aromatic heterocycles. The van der Waals surface area contributed by atoms with E-state index in [0.29, 0.717) is 0 Å². The molecule has 1 aromatic rings. The maximum atomic E-state index is 5.77. The highest BCUT2D eigenvalue weighted by Crippen LogP contribution is 2.31. The first-order chi connectivity index (χ1) is 7.42. The standard InChI is InChI=1S/C13H17NO/c1-2-11-8-12(15-9-10-3-4-10)5-6-13(11)14-7-1/h5-6,8,10,14H,1-4,7,9H2. The second-order valence-electron chi connectivity index (χ2n) is 4.60. The van der Waals surface area contributed by atoms with E-state index >= 15 is 0 Å². The van der Waals surface area contributed by atoms with Gasteiger partial charge in [0.25, 0.3) is 0 Å². The van der Waals surface area contributed by atoms with Gasteiger partial charge in [-0.2, -0.15) is 0 Å². The van der Waals surface area contributed by atoms with E-state index in [0.717, 1.165) is 24.8 Å². The van der Waals surface area contributed by atoms with Crippen molar-refractivity contribution in [1.82, 2.24) is 0 Å². The molecule has 3 rings (SSSR count). The van der Waals surface area contributed by atoms with Gasteiger partial charge in [0.15, 0.2) is 0 Å². The Morgan fingerprint density at radius 3 is 3.13 bits per heavy atom. The molecule has 0 radical (unpaired) electrons. The molecule has 1 fully saturated rings. The van der Waals surface area contributed by atoms with Crippen molar-refractivity contribution in [3.8, 4) is 5.75 Å². The zero-order valence-electron chi connectivity index (χ0n) is 8.96. The van der Waals surface area contributed by atoms with Crippen LogP contribution < -0.4 is 10.1 Å². The molecule has 1 N–H and O–H groups in total. The van der Waals surface area contributed by atoms with Gasteiger partial charge in [-0.15, -0.1) is 0 Å². The first-order valence-electron chi connectivity index (χ1n) is 5.91. The van der Waals surface area contributed by atoms with Crippen molar-refractivity contribution in [2.45, 2.75) is 25.7 Å². The van der Waals surface area contributed by atoms with Crippen molar-refractivity contribution in [2.75, 3.05) is 18.5 Å². The predicted octanol–water partition coefficient (Wildman–Crippen LogP) is 2.83. The molecule has 1 aromatic carbocycles. The average molecular weight is 203 g/mol. The number of aryl methyl sites for hydroxylation is 1. The van der Waals surface area contributed by atoms with Crippen molar-refractivity contribution < 1.29 is 4.74 Å². The fourth-order valence-corrected chi connectivity index (χ4v) is 2.04. The van der Waals surface area contributed by atoms with Crippen LogP contribution in [0.5, 0.6) is 5.75 Å². The SMILES string of the molecule is c1cc2c(cc1OCC1CC1)CCCN2. The molecule has 0 bridgehead atoms. The first-order valence-corrected chi connectivity index (χ1v) is 5.91. The largest absolute Gasteiger partial charge is 0.493 e.